The molecule has 0 aliphatic heterocycles. The molecular formula is C12H19N5OS. The SMILES string of the molecule is COCCN(Cc1cnc(N)s1)Cc1ccnn1C. The highest BCUT2D eigenvalue weighted by atomic mass is 32.1. The van der Waals surface area contributed by atoms with Crippen molar-refractivity contribution in [2.45, 2.75) is 13.1 Å². The lowest BCUT2D eigenvalue weighted by molar-refractivity contribution is 0.139. The number of methoxy groups -OCH3 is 1. The summed E-state index contributed by atoms with van der Waals surface area (Å²) in [4.78, 5) is 7.55. The van der Waals surface area contributed by atoms with Gasteiger partial charge in [0.2, 0.25) is 0 Å². The molecule has 2 rings (SSSR count). The number of hydrogen-bond acceptors (Lipinski definition) is 6. The lowest BCUT2D eigenvalue weighted by Gasteiger charge is -2.21. The number of aryl methyl sites for hydroxylation is 1. The van der Waals surface area contributed by atoms with Crippen LogP contribution < -0.4 is 5.73 Å². The van der Waals surface area contributed by atoms with Crippen molar-refractivity contribution < 1.29 is 4.74 Å². The minimum atomic E-state index is 0.613. The minimum absolute atomic E-state index is 0.613. The first kappa shape index (κ1) is 14.0. The summed E-state index contributed by atoms with van der Waals surface area (Å²) >= 11 is 1.53. The van der Waals surface area contributed by atoms with Gasteiger partial charge in [-0.3, -0.25) is 9.58 Å². The molecule has 6 nitrogen and oxygen atoms in total. The quantitative estimate of drug-likeness (QED) is 0.823. The second kappa shape index (κ2) is 6.65. The number of anilines is 1. The van der Waals surface area contributed by atoms with Crippen molar-refractivity contribution in [1.82, 2.24) is 19.7 Å². The van der Waals surface area contributed by atoms with Gasteiger partial charge in [0.25, 0.3) is 0 Å². The molecule has 104 valence electrons. The first-order chi connectivity index (χ1) is 9.19. The largest absolute Gasteiger partial charge is 0.383 e. The second-order valence-corrected chi connectivity index (χ2v) is 5.46. The molecule has 0 aliphatic rings. The third kappa shape index (κ3) is 4.02. The van der Waals surface area contributed by atoms with Crippen molar-refractivity contribution in [2.75, 3.05) is 26.0 Å². The molecule has 0 bridgehead atoms. The molecule has 0 spiro atoms. The summed E-state index contributed by atoms with van der Waals surface area (Å²) < 4.78 is 7.05. The van der Waals surface area contributed by atoms with Gasteiger partial charge in [-0.05, 0) is 6.07 Å². The van der Waals surface area contributed by atoms with Crippen LogP contribution in [0.4, 0.5) is 5.13 Å². The van der Waals surface area contributed by atoms with Crippen LogP contribution in [0, 0.1) is 0 Å². The summed E-state index contributed by atoms with van der Waals surface area (Å²) in [6.45, 7) is 3.21. The van der Waals surface area contributed by atoms with Crippen LogP contribution in [-0.2, 0) is 24.9 Å². The Morgan fingerprint density at radius 1 is 1.47 bits per heavy atom. The number of thiazole rings is 1. The molecule has 0 unspecified atom stereocenters. The molecule has 0 aliphatic carbocycles. The Labute approximate surface area is 116 Å². The van der Waals surface area contributed by atoms with Crippen LogP contribution in [-0.4, -0.2) is 39.9 Å². The van der Waals surface area contributed by atoms with Gasteiger partial charge >= 0.3 is 0 Å². The molecule has 2 aromatic rings. The number of nitrogens with zero attached hydrogens (tertiary/aromatic N) is 4. The monoisotopic (exact) mass is 281 g/mol. The van der Waals surface area contributed by atoms with E-state index in [0.717, 1.165) is 24.5 Å². The molecule has 0 fully saturated rings. The molecule has 2 N–H and O–H groups in total. The smallest absolute Gasteiger partial charge is 0.180 e. The van der Waals surface area contributed by atoms with E-state index in [-0.39, 0.29) is 0 Å². The van der Waals surface area contributed by atoms with Gasteiger partial charge in [0.05, 0.1) is 12.3 Å². The van der Waals surface area contributed by atoms with Crippen LogP contribution in [0.25, 0.3) is 0 Å². The molecule has 0 saturated carbocycles. The predicted molar refractivity (Wildman–Crippen MR) is 75.7 cm³/mol. The van der Waals surface area contributed by atoms with E-state index in [4.69, 9.17) is 10.5 Å². The van der Waals surface area contributed by atoms with E-state index < -0.39 is 0 Å². The molecule has 0 radical (unpaired) electrons. The van der Waals surface area contributed by atoms with Crippen molar-refractivity contribution in [2.24, 2.45) is 7.05 Å². The maximum Gasteiger partial charge on any atom is 0.180 e. The van der Waals surface area contributed by atoms with E-state index in [1.165, 1.54) is 17.0 Å². The highest BCUT2D eigenvalue weighted by Gasteiger charge is 2.11. The van der Waals surface area contributed by atoms with E-state index in [1.807, 2.05) is 30.2 Å². The lowest BCUT2D eigenvalue weighted by Crippen LogP contribution is -2.27. The summed E-state index contributed by atoms with van der Waals surface area (Å²) in [7, 11) is 3.67. The molecular weight excluding hydrogens is 262 g/mol. The molecule has 0 saturated heterocycles. The fraction of sp³-hybridized carbons (Fsp3) is 0.500. The average Bonchev–Trinajstić information content (AvgIpc) is 2.96. The van der Waals surface area contributed by atoms with Crippen molar-refractivity contribution in [3.8, 4) is 0 Å². The van der Waals surface area contributed by atoms with E-state index in [9.17, 15) is 0 Å². The van der Waals surface area contributed by atoms with Crippen LogP contribution in [0.15, 0.2) is 18.5 Å². The Hall–Kier alpha value is -1.44. The number of ether oxygens (including phenoxy) is 1. The van der Waals surface area contributed by atoms with Crippen LogP contribution in [0.3, 0.4) is 0 Å². The van der Waals surface area contributed by atoms with Gasteiger partial charge in [-0.1, -0.05) is 0 Å². The molecule has 0 aromatic carbocycles. The zero-order valence-electron chi connectivity index (χ0n) is 11.2. The summed E-state index contributed by atoms with van der Waals surface area (Å²) in [5, 5.41) is 4.80. The van der Waals surface area contributed by atoms with Crippen LogP contribution in [0.5, 0.6) is 0 Å². The van der Waals surface area contributed by atoms with E-state index in [1.54, 1.807) is 7.11 Å². The zero-order chi connectivity index (χ0) is 13.7. The summed E-state index contributed by atoms with van der Waals surface area (Å²) in [5.41, 5.74) is 6.84. The summed E-state index contributed by atoms with van der Waals surface area (Å²) in [6, 6.07) is 2.03. The number of hydrogen-bond donors (Lipinski definition) is 1. The highest BCUT2D eigenvalue weighted by Crippen LogP contribution is 2.17. The predicted octanol–water partition coefficient (Wildman–Crippen LogP) is 1.11. The first-order valence-corrected chi connectivity index (χ1v) is 6.89. The third-order valence-corrected chi connectivity index (χ3v) is 3.68. The molecule has 0 atom stereocenters. The summed E-state index contributed by atoms with van der Waals surface area (Å²) in [6.07, 6.45) is 3.65. The van der Waals surface area contributed by atoms with Gasteiger partial charge < -0.3 is 10.5 Å². The molecule has 19 heavy (non-hydrogen) atoms. The van der Waals surface area contributed by atoms with Gasteiger partial charge in [0, 0.05) is 51.1 Å². The average molecular weight is 281 g/mol. The topological polar surface area (TPSA) is 69.2 Å². The van der Waals surface area contributed by atoms with Gasteiger partial charge in [-0.2, -0.15) is 5.10 Å². The second-order valence-electron chi connectivity index (χ2n) is 4.31. The fourth-order valence-electron chi connectivity index (χ4n) is 1.84. The number of nitrogen functional groups attached to an aromatic ring is 1. The van der Waals surface area contributed by atoms with Crippen molar-refractivity contribution >= 4 is 16.5 Å². The Morgan fingerprint density at radius 3 is 2.89 bits per heavy atom. The van der Waals surface area contributed by atoms with E-state index >= 15 is 0 Å². The van der Waals surface area contributed by atoms with Crippen LogP contribution in [0.2, 0.25) is 0 Å². The van der Waals surface area contributed by atoms with Crippen LogP contribution >= 0.6 is 11.3 Å². The van der Waals surface area contributed by atoms with Crippen molar-refractivity contribution in [3.05, 3.63) is 29.0 Å². The Morgan fingerprint density at radius 2 is 2.32 bits per heavy atom. The van der Waals surface area contributed by atoms with Crippen LogP contribution in [0.1, 0.15) is 10.6 Å². The third-order valence-electron chi connectivity index (χ3n) is 2.87. The zero-order valence-corrected chi connectivity index (χ0v) is 12.1. The Balaban J connectivity index is 2.01. The normalized spacial score (nSPS) is 11.3. The highest BCUT2D eigenvalue weighted by molar-refractivity contribution is 7.15. The number of nitrogens with two attached hydrogens (primary N) is 1. The van der Waals surface area contributed by atoms with Gasteiger partial charge in [0.1, 0.15) is 0 Å². The molecule has 2 aromatic heterocycles. The van der Waals surface area contributed by atoms with Gasteiger partial charge in [-0.25, -0.2) is 4.98 Å². The van der Waals surface area contributed by atoms with Gasteiger partial charge in [0.15, 0.2) is 5.13 Å². The molecule has 2 heterocycles. The minimum Gasteiger partial charge on any atom is -0.383 e. The number of rotatable bonds is 7. The van der Waals surface area contributed by atoms with Gasteiger partial charge in [-0.15, -0.1) is 11.3 Å². The van der Waals surface area contributed by atoms with E-state index in [2.05, 4.69) is 15.0 Å². The van der Waals surface area contributed by atoms with Crippen molar-refractivity contribution in [3.63, 3.8) is 0 Å². The standard InChI is InChI=1S/C12H19N5OS/c1-16-10(3-4-15-16)8-17(5-6-18-2)9-11-7-14-12(13)19-11/h3-4,7H,5-6,8-9H2,1-2H3,(H2,13,14). The Bertz CT molecular complexity index is 510. The maximum atomic E-state index is 5.66. The lowest BCUT2D eigenvalue weighted by atomic mass is 10.3. The Kier molecular flexibility index (Phi) is 4.89. The molecule has 0 amide bonds. The molecule has 7 heteroatoms. The first-order valence-electron chi connectivity index (χ1n) is 6.07. The summed E-state index contributed by atoms with van der Waals surface area (Å²) in [5.74, 6) is 0. The van der Waals surface area contributed by atoms with Crippen molar-refractivity contribution in [1.29, 1.82) is 0 Å². The fourth-order valence-corrected chi connectivity index (χ4v) is 2.56. The van der Waals surface area contributed by atoms with E-state index in [0.29, 0.717) is 11.7 Å². The maximum absolute atomic E-state index is 5.66. The number of aromatic nitrogens is 3.